The van der Waals surface area contributed by atoms with Crippen molar-refractivity contribution in [1.29, 1.82) is 0 Å². The van der Waals surface area contributed by atoms with Gasteiger partial charge in [0.15, 0.2) is 17.5 Å². The van der Waals surface area contributed by atoms with Gasteiger partial charge in [0, 0.05) is 42.3 Å². The van der Waals surface area contributed by atoms with Gasteiger partial charge in [0.25, 0.3) is 5.91 Å². The number of likely N-dealkylation sites (tertiary alicyclic amines) is 1. The Bertz CT molecular complexity index is 1720. The normalized spacial score (nSPS) is 21.9. The second-order valence-electron chi connectivity index (χ2n) is 13.4. The quantitative estimate of drug-likeness (QED) is 0.327. The van der Waals surface area contributed by atoms with Crippen LogP contribution in [0.1, 0.15) is 56.5 Å². The molecule has 2 saturated heterocycles. The maximum Gasteiger partial charge on any atom is 0.302 e. The zero-order chi connectivity index (χ0) is 32.6. The lowest BCUT2D eigenvalue weighted by Crippen LogP contribution is -2.53. The molecule has 6 rings (SSSR count). The van der Waals surface area contributed by atoms with Gasteiger partial charge in [0.2, 0.25) is 0 Å². The Morgan fingerprint density at radius 3 is 2.54 bits per heavy atom. The first kappa shape index (κ1) is 31.3. The molecule has 242 valence electrons. The molecule has 3 aromatic rings. The van der Waals surface area contributed by atoms with Crippen molar-refractivity contribution in [1.82, 2.24) is 20.1 Å². The summed E-state index contributed by atoms with van der Waals surface area (Å²) in [5, 5.41) is 7.52. The molecule has 2 unspecified atom stereocenters. The van der Waals surface area contributed by atoms with E-state index in [1.54, 1.807) is 6.92 Å². The first-order chi connectivity index (χ1) is 21.9. The molecule has 2 amide bonds. The van der Waals surface area contributed by atoms with E-state index in [0.29, 0.717) is 57.2 Å². The predicted octanol–water partition coefficient (Wildman–Crippen LogP) is 2.55. The van der Waals surface area contributed by atoms with Crippen LogP contribution in [0.2, 0.25) is 0 Å². The van der Waals surface area contributed by atoms with E-state index in [2.05, 4.69) is 63.1 Å². The van der Waals surface area contributed by atoms with Crippen molar-refractivity contribution in [3.63, 3.8) is 0 Å². The van der Waals surface area contributed by atoms with Gasteiger partial charge in [-0.05, 0) is 61.1 Å². The molecule has 2 aromatic carbocycles. The number of amidine groups is 1. The van der Waals surface area contributed by atoms with Crippen LogP contribution < -0.4 is 26.8 Å². The van der Waals surface area contributed by atoms with Gasteiger partial charge < -0.3 is 36.3 Å². The second kappa shape index (κ2) is 12.2. The molecule has 46 heavy (non-hydrogen) atoms. The number of nitrogens with two attached hydrogens (primary N) is 2. The molecule has 12 heteroatoms. The average Bonchev–Trinajstić information content (AvgIpc) is 3.62. The number of hydrogen-bond donors (Lipinski definition) is 4. The summed E-state index contributed by atoms with van der Waals surface area (Å²) in [5.41, 5.74) is 14.5. The van der Waals surface area contributed by atoms with Gasteiger partial charge in [0.1, 0.15) is 18.5 Å². The van der Waals surface area contributed by atoms with Crippen molar-refractivity contribution < 1.29 is 14.3 Å². The average molecular weight is 626 g/mol. The topological polar surface area (TPSA) is 165 Å². The molecule has 0 saturated carbocycles. The minimum absolute atomic E-state index is 0.0000748. The number of nitrogens with zero attached hydrogens (tertiary/aromatic N) is 5. The van der Waals surface area contributed by atoms with Crippen molar-refractivity contribution in [3.8, 4) is 5.75 Å². The molecule has 2 fully saturated rings. The Morgan fingerprint density at radius 1 is 1.09 bits per heavy atom. The number of amides is 2. The number of rotatable bonds is 6. The highest BCUT2D eigenvalue weighted by atomic mass is 16.5. The third-order valence-electron chi connectivity index (χ3n) is 9.12. The number of benzene rings is 2. The number of carbonyl (C=O) groups excluding carboxylic acids is 2. The number of nitrogens with one attached hydrogen (secondary N) is 2. The lowest BCUT2D eigenvalue weighted by molar-refractivity contribution is -0.111. The molecule has 0 radical (unpaired) electrons. The van der Waals surface area contributed by atoms with E-state index < -0.39 is 12.1 Å². The molecular weight excluding hydrogens is 582 g/mol. The Labute approximate surface area is 269 Å². The van der Waals surface area contributed by atoms with E-state index in [-0.39, 0.29) is 34.5 Å². The lowest BCUT2D eigenvalue weighted by Gasteiger charge is -2.38. The first-order valence-electron chi connectivity index (χ1n) is 15.9. The van der Waals surface area contributed by atoms with E-state index in [0.717, 1.165) is 16.7 Å². The van der Waals surface area contributed by atoms with Crippen LogP contribution in [0.25, 0.3) is 10.9 Å². The van der Waals surface area contributed by atoms with E-state index in [1.165, 1.54) is 5.56 Å². The number of aromatic nitrogens is 1. The third kappa shape index (κ3) is 6.34. The van der Waals surface area contributed by atoms with Gasteiger partial charge in [-0.25, -0.2) is 4.99 Å². The predicted molar refractivity (Wildman–Crippen MR) is 181 cm³/mol. The molecule has 1 aromatic heterocycles. The minimum Gasteiger partial charge on any atom is -0.492 e. The molecule has 12 nitrogen and oxygen atoms in total. The number of fused-ring (bicyclic) bond motifs is 1. The monoisotopic (exact) mass is 625 g/mol. The fourth-order valence-electron chi connectivity index (χ4n) is 6.18. The lowest BCUT2D eigenvalue weighted by atomic mass is 9.87. The summed E-state index contributed by atoms with van der Waals surface area (Å²) in [5.74, 6) is 0.666. The summed E-state index contributed by atoms with van der Waals surface area (Å²) in [6.07, 6.45) is 2.86. The molecule has 1 spiro atoms. The van der Waals surface area contributed by atoms with Crippen LogP contribution in [0.4, 0.5) is 0 Å². The smallest absolute Gasteiger partial charge is 0.302 e. The maximum absolute atomic E-state index is 13.7. The van der Waals surface area contributed by atoms with Crippen molar-refractivity contribution in [2.75, 3.05) is 26.2 Å². The molecule has 0 bridgehead atoms. The van der Waals surface area contributed by atoms with Gasteiger partial charge in [0.05, 0.1) is 18.1 Å². The molecule has 2 atom stereocenters. The Kier molecular flexibility index (Phi) is 8.32. The molecule has 4 heterocycles. The van der Waals surface area contributed by atoms with Crippen LogP contribution in [-0.4, -0.2) is 82.8 Å². The fourth-order valence-corrected chi connectivity index (χ4v) is 6.18. The first-order valence-corrected chi connectivity index (χ1v) is 15.9. The fraction of sp³-hybridized carbons (Fsp3) is 0.441. The van der Waals surface area contributed by atoms with Crippen molar-refractivity contribution >= 4 is 40.2 Å². The number of guanidine groups is 1. The van der Waals surface area contributed by atoms with Gasteiger partial charge in [-0.15, -0.1) is 0 Å². The number of hydrogen-bond acceptors (Lipinski definition) is 7. The van der Waals surface area contributed by atoms with Crippen LogP contribution in [0, 0.1) is 0 Å². The van der Waals surface area contributed by atoms with Crippen molar-refractivity contribution in [2.45, 2.75) is 70.2 Å². The number of ether oxygens (including phenoxy) is 1. The molecule has 0 aliphatic carbocycles. The largest absolute Gasteiger partial charge is 0.492 e. The third-order valence-corrected chi connectivity index (χ3v) is 9.12. The number of aliphatic imine (C=N–C) groups is 3. The number of piperidine rings is 1. The van der Waals surface area contributed by atoms with Crippen LogP contribution in [0.15, 0.2) is 69.7 Å². The molecular formula is C34H43N9O3. The highest BCUT2D eigenvalue weighted by Crippen LogP contribution is 2.28. The van der Waals surface area contributed by atoms with Gasteiger partial charge in [-0.3, -0.25) is 14.6 Å². The van der Waals surface area contributed by atoms with Gasteiger partial charge >= 0.3 is 5.91 Å². The Hall–Kier alpha value is -4.71. The maximum atomic E-state index is 13.7. The van der Waals surface area contributed by atoms with Crippen LogP contribution >= 0.6 is 0 Å². The van der Waals surface area contributed by atoms with Crippen LogP contribution in [0.3, 0.4) is 0 Å². The van der Waals surface area contributed by atoms with E-state index in [4.69, 9.17) is 16.2 Å². The summed E-state index contributed by atoms with van der Waals surface area (Å²) in [7, 11) is 0. The Balaban J connectivity index is 1.05. The highest BCUT2D eigenvalue weighted by molar-refractivity contribution is 6.67. The summed E-state index contributed by atoms with van der Waals surface area (Å²) in [6, 6.07) is 15.8. The van der Waals surface area contributed by atoms with Gasteiger partial charge in [-0.1, -0.05) is 39.0 Å². The number of carbonyl (C=O) groups is 2. The zero-order valence-electron chi connectivity index (χ0n) is 26.9. The summed E-state index contributed by atoms with van der Waals surface area (Å²) < 4.78 is 8.16. The molecule has 3 aliphatic heterocycles. The second-order valence-corrected chi connectivity index (χ2v) is 13.4. The standard InChI is InChI=1S/C34H43N9O3/c1-21-28(35)39-29(36)27(38-21)30(44)40-32-37-20-34(41-32)13-16-43(17-14-34)31(45)25-6-5-7-26-24(25)12-15-42(26)18-19-46-23-10-8-22(9-11-23)33(2,3)4/h5-12,15,21,28H,13-14,16-20,35H2,1-4H3,(H2,36,39)(H2,37,40,41,44). The van der Waals surface area contributed by atoms with E-state index >= 15 is 0 Å². The van der Waals surface area contributed by atoms with Crippen molar-refractivity contribution in [2.24, 2.45) is 26.4 Å². The Morgan fingerprint density at radius 2 is 1.83 bits per heavy atom. The summed E-state index contributed by atoms with van der Waals surface area (Å²) in [6.45, 7) is 11.3. The molecule has 3 aliphatic rings. The van der Waals surface area contributed by atoms with Crippen LogP contribution in [0.5, 0.6) is 5.75 Å². The summed E-state index contributed by atoms with van der Waals surface area (Å²) in [4.78, 5) is 41.0. The summed E-state index contributed by atoms with van der Waals surface area (Å²) >= 11 is 0. The molecule has 6 N–H and O–H groups in total. The SMILES string of the molecule is CC1N=C(C(=O)/N=C2\NCC3(CCN(C(=O)c4cccc5c4ccn5CCOc4ccc(C(C)(C)C)cc4)CC3)N2)C(N)=NC1N. The van der Waals surface area contributed by atoms with Crippen molar-refractivity contribution in [3.05, 3.63) is 65.9 Å². The zero-order valence-corrected chi connectivity index (χ0v) is 26.9. The minimum atomic E-state index is -0.572. The highest BCUT2D eigenvalue weighted by Gasteiger charge is 2.41. The van der Waals surface area contributed by atoms with E-state index in [1.807, 2.05) is 47.5 Å². The van der Waals surface area contributed by atoms with Gasteiger partial charge in [-0.2, -0.15) is 4.99 Å². The van der Waals surface area contributed by atoms with Crippen LogP contribution in [-0.2, 0) is 16.8 Å². The van der Waals surface area contributed by atoms with E-state index in [9.17, 15) is 9.59 Å².